The van der Waals surface area contributed by atoms with Crippen LogP contribution in [-0.4, -0.2) is 33.9 Å². The minimum atomic E-state index is -0.00868. The highest BCUT2D eigenvalue weighted by atomic mass is 79.9. The van der Waals surface area contributed by atoms with Crippen molar-refractivity contribution in [1.82, 2.24) is 14.9 Å². The maximum atomic E-state index is 13.2. The van der Waals surface area contributed by atoms with Crippen molar-refractivity contribution in [2.45, 2.75) is 6.54 Å². The minimum absolute atomic E-state index is 0.00868. The van der Waals surface area contributed by atoms with Gasteiger partial charge in [-0.05, 0) is 39.7 Å². The number of aromatic nitrogens is 2. The van der Waals surface area contributed by atoms with Crippen LogP contribution in [0.1, 0.15) is 15.2 Å². The zero-order valence-corrected chi connectivity index (χ0v) is 17.5. The number of pyridine rings is 1. The van der Waals surface area contributed by atoms with Crippen LogP contribution < -0.4 is 5.73 Å². The van der Waals surface area contributed by atoms with Crippen molar-refractivity contribution in [2.75, 3.05) is 13.1 Å². The summed E-state index contributed by atoms with van der Waals surface area (Å²) < 4.78 is 0.905. The van der Waals surface area contributed by atoms with E-state index in [4.69, 9.17) is 5.73 Å². The quantitative estimate of drug-likeness (QED) is 0.444. The first-order valence-corrected chi connectivity index (χ1v) is 10.5. The lowest BCUT2D eigenvalue weighted by atomic mass is 10.1. The summed E-state index contributed by atoms with van der Waals surface area (Å²) in [6.45, 7) is 1.47. The second kappa shape index (κ2) is 8.26. The number of benzene rings is 1. The van der Waals surface area contributed by atoms with E-state index in [0.717, 1.165) is 31.5 Å². The van der Waals surface area contributed by atoms with E-state index in [0.29, 0.717) is 24.5 Å². The fraction of sp³-hybridized carbons (Fsp3) is 0.143. The predicted molar refractivity (Wildman–Crippen MR) is 117 cm³/mol. The number of rotatable bonds is 6. The summed E-state index contributed by atoms with van der Waals surface area (Å²) in [5, 5.41) is 1.03. The first-order chi connectivity index (χ1) is 13.7. The normalized spacial score (nSPS) is 11.1. The number of aromatic amines is 1. The summed E-state index contributed by atoms with van der Waals surface area (Å²) >= 11 is 5.12. The molecule has 0 atom stereocenters. The molecule has 0 aliphatic heterocycles. The molecule has 0 aliphatic rings. The van der Waals surface area contributed by atoms with Gasteiger partial charge in [0.2, 0.25) is 0 Å². The summed E-state index contributed by atoms with van der Waals surface area (Å²) in [7, 11) is 0. The Balaban J connectivity index is 1.66. The number of thiophene rings is 1. The number of carbonyl (C=O) groups is 1. The van der Waals surface area contributed by atoms with Crippen molar-refractivity contribution < 1.29 is 4.79 Å². The number of nitrogens with two attached hydrogens (primary N) is 1. The first-order valence-electron chi connectivity index (χ1n) is 8.92. The Labute approximate surface area is 175 Å². The topological polar surface area (TPSA) is 75.0 Å². The lowest BCUT2D eigenvalue weighted by Crippen LogP contribution is -2.34. The average molecular weight is 455 g/mol. The fourth-order valence-electron chi connectivity index (χ4n) is 3.18. The highest BCUT2D eigenvalue weighted by molar-refractivity contribution is 9.10. The third-order valence-electron chi connectivity index (χ3n) is 4.50. The maximum Gasteiger partial charge on any atom is 0.264 e. The second-order valence-corrected chi connectivity index (χ2v) is 8.29. The smallest absolute Gasteiger partial charge is 0.264 e. The van der Waals surface area contributed by atoms with Crippen LogP contribution in [0.5, 0.6) is 0 Å². The van der Waals surface area contributed by atoms with Gasteiger partial charge in [-0.2, -0.15) is 0 Å². The zero-order chi connectivity index (χ0) is 19.5. The zero-order valence-electron chi connectivity index (χ0n) is 15.1. The summed E-state index contributed by atoms with van der Waals surface area (Å²) in [6, 6.07) is 15.8. The molecule has 3 N–H and O–H groups in total. The average Bonchev–Trinajstić information content (AvgIpc) is 3.34. The number of nitrogens with zero attached hydrogens (tertiary/aromatic N) is 2. The van der Waals surface area contributed by atoms with Gasteiger partial charge in [-0.15, -0.1) is 11.3 Å². The largest absolute Gasteiger partial charge is 0.346 e. The number of carbonyl (C=O) groups excluding carboxylic acids is 1. The molecule has 0 saturated heterocycles. The van der Waals surface area contributed by atoms with Crippen LogP contribution in [0.2, 0.25) is 0 Å². The van der Waals surface area contributed by atoms with Crippen LogP contribution in [-0.2, 0) is 6.54 Å². The van der Waals surface area contributed by atoms with Gasteiger partial charge in [0, 0.05) is 47.5 Å². The number of nitrogens with one attached hydrogen (secondary N) is 1. The van der Waals surface area contributed by atoms with E-state index in [1.165, 1.54) is 11.3 Å². The molecule has 7 heteroatoms. The molecule has 3 heterocycles. The molecule has 3 aromatic heterocycles. The molecule has 142 valence electrons. The number of H-pyrrole nitrogens is 1. The lowest BCUT2D eigenvalue weighted by molar-refractivity contribution is 0.0753. The molecular formula is C21H19BrN4OS. The van der Waals surface area contributed by atoms with E-state index >= 15 is 0 Å². The number of hydrogen-bond acceptors (Lipinski definition) is 4. The third-order valence-corrected chi connectivity index (χ3v) is 6.55. The molecule has 1 aromatic carbocycles. The van der Waals surface area contributed by atoms with Crippen molar-refractivity contribution in [1.29, 1.82) is 0 Å². The molecule has 0 radical (unpaired) electrons. The van der Waals surface area contributed by atoms with Gasteiger partial charge >= 0.3 is 0 Å². The van der Waals surface area contributed by atoms with Crippen LogP contribution in [0.25, 0.3) is 21.5 Å². The van der Waals surface area contributed by atoms with Crippen LogP contribution in [0.3, 0.4) is 0 Å². The van der Waals surface area contributed by atoms with Gasteiger partial charge in [-0.3, -0.25) is 4.79 Å². The van der Waals surface area contributed by atoms with Gasteiger partial charge in [0.25, 0.3) is 5.91 Å². The maximum absolute atomic E-state index is 13.2. The van der Waals surface area contributed by atoms with E-state index in [2.05, 4.69) is 25.9 Å². The molecule has 0 fully saturated rings. The monoisotopic (exact) mass is 454 g/mol. The fourth-order valence-corrected chi connectivity index (χ4v) is 5.08. The lowest BCUT2D eigenvalue weighted by Gasteiger charge is -2.21. The summed E-state index contributed by atoms with van der Waals surface area (Å²) in [4.78, 5) is 24.2. The standard InChI is InChI=1S/C21H19BrN4OS/c22-17-12-18(21(27)26(11-8-23)13-14-4-2-1-3-5-14)28-19(17)15-6-9-24-20-16(15)7-10-25-20/h1-7,9-10,12H,8,11,13,23H2,(H,24,25). The Morgan fingerprint density at radius 2 is 2.04 bits per heavy atom. The summed E-state index contributed by atoms with van der Waals surface area (Å²) in [5.41, 5.74) is 8.74. The molecule has 1 amide bonds. The van der Waals surface area contributed by atoms with E-state index < -0.39 is 0 Å². The van der Waals surface area contributed by atoms with Gasteiger partial charge in [-0.25, -0.2) is 4.98 Å². The number of amides is 1. The Kier molecular flexibility index (Phi) is 5.57. The molecule has 0 unspecified atom stereocenters. The van der Waals surface area contributed by atoms with Gasteiger partial charge in [-0.1, -0.05) is 30.3 Å². The van der Waals surface area contributed by atoms with Crippen molar-refractivity contribution >= 4 is 44.2 Å². The second-order valence-electron chi connectivity index (χ2n) is 6.39. The van der Waals surface area contributed by atoms with E-state index in [-0.39, 0.29) is 5.91 Å². The van der Waals surface area contributed by atoms with Crippen molar-refractivity contribution in [3.05, 3.63) is 75.8 Å². The van der Waals surface area contributed by atoms with Gasteiger partial charge in [0.15, 0.2) is 0 Å². The first kappa shape index (κ1) is 18.9. The molecule has 28 heavy (non-hydrogen) atoms. The van der Waals surface area contributed by atoms with E-state index in [1.807, 2.05) is 54.7 Å². The summed E-state index contributed by atoms with van der Waals surface area (Å²) in [6.07, 6.45) is 3.65. The Morgan fingerprint density at radius 3 is 2.82 bits per heavy atom. The van der Waals surface area contributed by atoms with E-state index in [1.54, 1.807) is 11.1 Å². The van der Waals surface area contributed by atoms with Crippen molar-refractivity contribution in [3.8, 4) is 10.4 Å². The van der Waals surface area contributed by atoms with Crippen LogP contribution in [0, 0.1) is 0 Å². The molecule has 4 rings (SSSR count). The Hall–Kier alpha value is -2.48. The molecule has 4 aromatic rings. The van der Waals surface area contributed by atoms with Crippen molar-refractivity contribution in [2.24, 2.45) is 5.73 Å². The van der Waals surface area contributed by atoms with Gasteiger partial charge in [0.1, 0.15) is 5.65 Å². The van der Waals surface area contributed by atoms with Crippen LogP contribution in [0.15, 0.2) is 65.4 Å². The predicted octanol–water partition coefficient (Wildman–Crippen LogP) is 4.66. The molecule has 0 aliphatic carbocycles. The molecule has 0 bridgehead atoms. The SMILES string of the molecule is NCCN(Cc1ccccc1)C(=O)c1cc(Br)c(-c2ccnc3[nH]ccc23)s1. The molecular weight excluding hydrogens is 436 g/mol. The van der Waals surface area contributed by atoms with Gasteiger partial charge in [0.05, 0.1) is 9.75 Å². The Morgan fingerprint density at radius 1 is 1.21 bits per heavy atom. The van der Waals surface area contributed by atoms with E-state index in [9.17, 15) is 4.79 Å². The Bertz CT molecular complexity index is 1110. The highest BCUT2D eigenvalue weighted by Crippen LogP contribution is 2.39. The minimum Gasteiger partial charge on any atom is -0.346 e. The van der Waals surface area contributed by atoms with Crippen molar-refractivity contribution in [3.63, 3.8) is 0 Å². The molecule has 5 nitrogen and oxygen atoms in total. The van der Waals surface area contributed by atoms with Crippen LogP contribution >= 0.6 is 27.3 Å². The molecule has 0 saturated carbocycles. The highest BCUT2D eigenvalue weighted by Gasteiger charge is 2.21. The number of halogens is 1. The number of hydrogen-bond donors (Lipinski definition) is 2. The molecule has 0 spiro atoms. The number of fused-ring (bicyclic) bond motifs is 1. The van der Waals surface area contributed by atoms with Crippen LogP contribution in [0.4, 0.5) is 0 Å². The summed E-state index contributed by atoms with van der Waals surface area (Å²) in [5.74, 6) is -0.00868. The third kappa shape index (κ3) is 3.73. The van der Waals surface area contributed by atoms with Gasteiger partial charge < -0.3 is 15.6 Å².